The number of aliphatic carboxylic acids is 1. The van der Waals surface area contributed by atoms with E-state index in [9.17, 15) is 13.6 Å². The molecule has 4 nitrogen and oxygen atoms in total. The smallest absolute Gasteiger partial charge is 0.326 e. The number of halogens is 2. The van der Waals surface area contributed by atoms with Crippen LogP contribution in [-0.4, -0.2) is 22.1 Å². The van der Waals surface area contributed by atoms with Crippen molar-refractivity contribution >= 4 is 22.6 Å². The lowest BCUT2D eigenvalue weighted by Crippen LogP contribution is -2.34. The number of hydrogen-bond acceptors (Lipinski definition) is 3. The quantitative estimate of drug-likeness (QED) is 0.903. The number of anilines is 1. The van der Waals surface area contributed by atoms with Crippen LogP contribution in [0.3, 0.4) is 0 Å². The lowest BCUT2D eigenvalue weighted by atomic mass is 10.0. The summed E-state index contributed by atoms with van der Waals surface area (Å²) >= 11 is 0. The molecule has 0 saturated heterocycles. The van der Waals surface area contributed by atoms with Crippen molar-refractivity contribution in [2.45, 2.75) is 19.9 Å². The topological polar surface area (TPSA) is 62.2 Å². The SMILES string of the molecule is CC(C)C(Nc1nccc2cc(F)cc(F)c12)C(=O)O. The number of nitrogens with zero attached hydrogens (tertiary/aromatic N) is 1. The van der Waals surface area contributed by atoms with Gasteiger partial charge in [-0.2, -0.15) is 0 Å². The summed E-state index contributed by atoms with van der Waals surface area (Å²) in [6.45, 7) is 3.46. The molecule has 106 valence electrons. The third-order valence-corrected chi connectivity index (χ3v) is 3.00. The largest absolute Gasteiger partial charge is 0.480 e. The number of pyridine rings is 1. The maximum Gasteiger partial charge on any atom is 0.326 e. The fourth-order valence-electron chi connectivity index (χ4n) is 2.00. The number of hydrogen-bond donors (Lipinski definition) is 2. The van der Waals surface area contributed by atoms with Crippen molar-refractivity contribution in [3.63, 3.8) is 0 Å². The molecule has 1 atom stereocenters. The van der Waals surface area contributed by atoms with E-state index in [1.165, 1.54) is 18.3 Å². The van der Waals surface area contributed by atoms with Gasteiger partial charge in [-0.1, -0.05) is 13.8 Å². The second-order valence-electron chi connectivity index (χ2n) is 4.85. The minimum absolute atomic E-state index is 0.0841. The van der Waals surface area contributed by atoms with E-state index < -0.39 is 23.6 Å². The number of rotatable bonds is 4. The molecule has 1 aromatic carbocycles. The first-order valence-electron chi connectivity index (χ1n) is 6.13. The zero-order chi connectivity index (χ0) is 14.9. The molecular weight excluding hydrogens is 266 g/mol. The molecule has 0 bridgehead atoms. The van der Waals surface area contributed by atoms with Gasteiger partial charge in [-0.3, -0.25) is 0 Å². The highest BCUT2D eigenvalue weighted by Crippen LogP contribution is 2.26. The summed E-state index contributed by atoms with van der Waals surface area (Å²) in [6.07, 6.45) is 1.38. The van der Waals surface area contributed by atoms with Crippen LogP contribution >= 0.6 is 0 Å². The van der Waals surface area contributed by atoms with E-state index >= 15 is 0 Å². The molecule has 0 radical (unpaired) electrons. The standard InChI is InChI=1S/C14H14F2N2O2/c1-7(2)12(14(19)20)18-13-11-8(3-4-17-13)5-9(15)6-10(11)16/h3-7,12H,1-2H3,(H,17,18)(H,19,20). The summed E-state index contributed by atoms with van der Waals surface area (Å²) in [7, 11) is 0. The summed E-state index contributed by atoms with van der Waals surface area (Å²) in [4.78, 5) is 15.1. The highest BCUT2D eigenvalue weighted by atomic mass is 19.1. The molecule has 0 fully saturated rings. The third-order valence-electron chi connectivity index (χ3n) is 3.00. The lowest BCUT2D eigenvalue weighted by Gasteiger charge is -2.19. The first-order chi connectivity index (χ1) is 9.40. The van der Waals surface area contributed by atoms with Crippen LogP contribution in [0.15, 0.2) is 24.4 Å². The van der Waals surface area contributed by atoms with Gasteiger partial charge in [-0.25, -0.2) is 18.6 Å². The molecule has 1 heterocycles. The Bertz CT molecular complexity index is 659. The molecule has 0 saturated carbocycles. The van der Waals surface area contributed by atoms with Crippen LogP contribution in [-0.2, 0) is 4.79 Å². The first-order valence-corrected chi connectivity index (χ1v) is 6.13. The van der Waals surface area contributed by atoms with E-state index in [4.69, 9.17) is 5.11 Å². The zero-order valence-electron chi connectivity index (χ0n) is 11.0. The van der Waals surface area contributed by atoms with E-state index in [1.807, 2.05) is 0 Å². The molecule has 1 unspecified atom stereocenters. The maximum absolute atomic E-state index is 13.9. The number of carboxylic acid groups (broad SMARTS) is 1. The molecule has 2 N–H and O–H groups in total. The maximum atomic E-state index is 13.9. The Hall–Kier alpha value is -2.24. The number of fused-ring (bicyclic) bond motifs is 1. The molecule has 0 amide bonds. The van der Waals surface area contributed by atoms with Gasteiger partial charge in [0.25, 0.3) is 0 Å². The Morgan fingerprint density at radius 1 is 1.35 bits per heavy atom. The highest BCUT2D eigenvalue weighted by molar-refractivity contribution is 5.93. The number of benzene rings is 1. The van der Waals surface area contributed by atoms with Crippen molar-refractivity contribution in [1.29, 1.82) is 0 Å². The van der Waals surface area contributed by atoms with Crippen LogP contribution in [0.1, 0.15) is 13.8 Å². The second kappa shape index (κ2) is 5.40. The highest BCUT2D eigenvalue weighted by Gasteiger charge is 2.23. The molecule has 2 aromatic rings. The van der Waals surface area contributed by atoms with Crippen molar-refractivity contribution < 1.29 is 18.7 Å². The van der Waals surface area contributed by atoms with E-state index in [0.29, 0.717) is 5.39 Å². The van der Waals surface area contributed by atoms with Gasteiger partial charge in [0.2, 0.25) is 0 Å². The van der Waals surface area contributed by atoms with Gasteiger partial charge in [-0.15, -0.1) is 0 Å². The van der Waals surface area contributed by atoms with Crippen molar-refractivity contribution in [3.05, 3.63) is 36.0 Å². The monoisotopic (exact) mass is 280 g/mol. The zero-order valence-corrected chi connectivity index (χ0v) is 11.0. The number of carbonyl (C=O) groups is 1. The van der Waals surface area contributed by atoms with E-state index in [0.717, 1.165) is 6.07 Å². The van der Waals surface area contributed by atoms with Crippen LogP contribution in [0, 0.1) is 17.6 Å². The minimum Gasteiger partial charge on any atom is -0.480 e. The predicted molar refractivity (Wildman–Crippen MR) is 71.5 cm³/mol. The first kappa shape index (κ1) is 14.2. The fourth-order valence-corrected chi connectivity index (χ4v) is 2.00. The summed E-state index contributed by atoms with van der Waals surface area (Å²) in [5.41, 5.74) is 0. The Balaban J connectivity index is 2.52. The Morgan fingerprint density at radius 2 is 2.05 bits per heavy atom. The number of carboxylic acids is 1. The molecule has 0 aliphatic heterocycles. The summed E-state index contributed by atoms with van der Waals surface area (Å²) in [5, 5.41) is 12.3. The molecule has 20 heavy (non-hydrogen) atoms. The van der Waals surface area contributed by atoms with Gasteiger partial charge >= 0.3 is 5.97 Å². The summed E-state index contributed by atoms with van der Waals surface area (Å²) in [5.74, 6) is -2.63. The Morgan fingerprint density at radius 3 is 2.65 bits per heavy atom. The van der Waals surface area contributed by atoms with Crippen molar-refractivity contribution in [3.8, 4) is 0 Å². The summed E-state index contributed by atoms with van der Waals surface area (Å²) < 4.78 is 27.1. The van der Waals surface area contributed by atoms with Crippen molar-refractivity contribution in [2.24, 2.45) is 5.92 Å². The van der Waals surface area contributed by atoms with Crippen LogP contribution < -0.4 is 5.32 Å². The minimum atomic E-state index is -1.05. The molecule has 0 aliphatic carbocycles. The molecule has 0 aliphatic rings. The second-order valence-corrected chi connectivity index (χ2v) is 4.85. The third kappa shape index (κ3) is 2.68. The van der Waals surface area contributed by atoms with Gasteiger partial charge in [0.15, 0.2) is 0 Å². The van der Waals surface area contributed by atoms with Crippen molar-refractivity contribution in [2.75, 3.05) is 5.32 Å². The molecule has 0 spiro atoms. The lowest BCUT2D eigenvalue weighted by molar-refractivity contribution is -0.138. The van der Waals surface area contributed by atoms with Gasteiger partial charge in [-0.05, 0) is 23.4 Å². The van der Waals surface area contributed by atoms with E-state index in [-0.39, 0.29) is 17.1 Å². The average molecular weight is 280 g/mol. The van der Waals surface area contributed by atoms with Crippen LogP contribution in [0.25, 0.3) is 10.8 Å². The molecular formula is C14H14F2N2O2. The van der Waals surface area contributed by atoms with Gasteiger partial charge in [0.05, 0.1) is 5.39 Å². The predicted octanol–water partition coefficient (Wildman–Crippen LogP) is 3.03. The summed E-state index contributed by atoms with van der Waals surface area (Å²) in [6, 6.07) is 2.49. The van der Waals surface area contributed by atoms with Crippen LogP contribution in [0.5, 0.6) is 0 Å². The molecule has 6 heteroatoms. The van der Waals surface area contributed by atoms with Gasteiger partial charge in [0.1, 0.15) is 23.5 Å². The number of nitrogens with one attached hydrogen (secondary N) is 1. The van der Waals surface area contributed by atoms with Crippen LogP contribution in [0.4, 0.5) is 14.6 Å². The van der Waals surface area contributed by atoms with Crippen molar-refractivity contribution in [1.82, 2.24) is 4.98 Å². The Kier molecular flexibility index (Phi) is 3.83. The van der Waals surface area contributed by atoms with Gasteiger partial charge < -0.3 is 10.4 Å². The van der Waals surface area contributed by atoms with Gasteiger partial charge in [0, 0.05) is 12.3 Å². The van der Waals surface area contributed by atoms with Crippen LogP contribution in [0.2, 0.25) is 0 Å². The number of aromatic nitrogens is 1. The Labute approximate surface area is 114 Å². The van der Waals surface area contributed by atoms with E-state index in [2.05, 4.69) is 10.3 Å². The normalized spacial score (nSPS) is 12.7. The molecule has 2 rings (SSSR count). The fraction of sp³-hybridized carbons (Fsp3) is 0.286. The van der Waals surface area contributed by atoms with E-state index in [1.54, 1.807) is 13.8 Å². The molecule has 1 aromatic heterocycles. The average Bonchev–Trinajstić information content (AvgIpc) is 2.34.